The molecule has 1 aliphatic heterocycles. The van der Waals surface area contributed by atoms with Crippen molar-refractivity contribution in [3.8, 4) is 11.6 Å². The van der Waals surface area contributed by atoms with Crippen LogP contribution < -0.4 is 9.47 Å². The molecule has 0 bridgehead atoms. The van der Waals surface area contributed by atoms with E-state index in [1.54, 1.807) is 7.11 Å². The molecule has 0 saturated heterocycles. The summed E-state index contributed by atoms with van der Waals surface area (Å²) < 4.78 is 10.9. The Morgan fingerprint density at radius 2 is 1.92 bits per heavy atom. The fourth-order valence-corrected chi connectivity index (χ4v) is 3.14. The van der Waals surface area contributed by atoms with Crippen molar-refractivity contribution in [2.24, 2.45) is 0 Å². The molecule has 0 aliphatic carbocycles. The first-order valence-electron chi connectivity index (χ1n) is 8.68. The Balaban J connectivity index is 1.81. The summed E-state index contributed by atoms with van der Waals surface area (Å²) in [4.78, 5) is 19.3. The molecule has 0 N–H and O–H groups in total. The van der Waals surface area contributed by atoms with Gasteiger partial charge in [0.15, 0.2) is 0 Å². The van der Waals surface area contributed by atoms with Gasteiger partial charge in [-0.25, -0.2) is 4.98 Å². The van der Waals surface area contributed by atoms with Gasteiger partial charge >= 0.3 is 0 Å². The van der Waals surface area contributed by atoms with Crippen molar-refractivity contribution in [1.82, 2.24) is 9.88 Å². The van der Waals surface area contributed by atoms with E-state index in [-0.39, 0.29) is 5.91 Å². The summed E-state index contributed by atoms with van der Waals surface area (Å²) in [5.41, 5.74) is 3.91. The van der Waals surface area contributed by atoms with Gasteiger partial charge in [-0.15, -0.1) is 0 Å². The number of aryl methyl sites for hydroxylation is 1. The molecule has 5 nitrogen and oxygen atoms in total. The summed E-state index contributed by atoms with van der Waals surface area (Å²) in [6.07, 6.45) is 1.66. The molecule has 5 heteroatoms. The van der Waals surface area contributed by atoms with Crippen LogP contribution in [0.3, 0.4) is 0 Å². The summed E-state index contributed by atoms with van der Waals surface area (Å²) in [7, 11) is 1.67. The fraction of sp³-hybridized carbons (Fsp3) is 0.400. The number of hydrogen-bond acceptors (Lipinski definition) is 4. The van der Waals surface area contributed by atoms with Crippen LogP contribution in [0.25, 0.3) is 0 Å². The Morgan fingerprint density at radius 1 is 1.16 bits per heavy atom. The average molecular weight is 340 g/mol. The monoisotopic (exact) mass is 340 g/mol. The molecule has 3 rings (SSSR count). The second-order valence-electron chi connectivity index (χ2n) is 6.17. The van der Waals surface area contributed by atoms with Gasteiger partial charge in [-0.3, -0.25) is 4.79 Å². The van der Waals surface area contributed by atoms with Crippen molar-refractivity contribution in [3.63, 3.8) is 0 Å². The predicted octanol–water partition coefficient (Wildman–Crippen LogP) is 3.04. The minimum atomic E-state index is -0.0179. The van der Waals surface area contributed by atoms with E-state index in [1.807, 2.05) is 36.9 Å². The highest BCUT2D eigenvalue weighted by Gasteiger charge is 2.23. The number of carbonyl (C=O) groups excluding carboxylic acids is 1. The zero-order chi connectivity index (χ0) is 17.8. The Kier molecular flexibility index (Phi) is 5.22. The zero-order valence-electron chi connectivity index (χ0n) is 15.0. The highest BCUT2D eigenvalue weighted by atomic mass is 16.5. The third-order valence-corrected chi connectivity index (χ3v) is 4.51. The van der Waals surface area contributed by atoms with Gasteiger partial charge in [-0.2, -0.15) is 0 Å². The van der Waals surface area contributed by atoms with E-state index in [0.29, 0.717) is 31.1 Å². The summed E-state index contributed by atoms with van der Waals surface area (Å²) in [6.45, 7) is 5.65. The SMILES string of the molecule is CCOc1nc(C)ccc1C(=O)N1CCc2ccc(OC)cc2CC1. The highest BCUT2D eigenvalue weighted by molar-refractivity contribution is 5.96. The van der Waals surface area contributed by atoms with Crippen LogP contribution >= 0.6 is 0 Å². The number of fused-ring (bicyclic) bond motifs is 1. The molecule has 25 heavy (non-hydrogen) atoms. The number of ether oxygens (including phenoxy) is 2. The second-order valence-corrected chi connectivity index (χ2v) is 6.17. The van der Waals surface area contributed by atoms with E-state index in [9.17, 15) is 4.79 Å². The summed E-state index contributed by atoms with van der Waals surface area (Å²) >= 11 is 0. The molecule has 132 valence electrons. The van der Waals surface area contributed by atoms with Crippen LogP contribution in [0, 0.1) is 6.92 Å². The number of hydrogen-bond donors (Lipinski definition) is 0. The molecule has 1 amide bonds. The summed E-state index contributed by atoms with van der Waals surface area (Å²) in [5.74, 6) is 1.27. The van der Waals surface area contributed by atoms with E-state index in [4.69, 9.17) is 9.47 Å². The second kappa shape index (κ2) is 7.55. The number of pyridine rings is 1. The number of nitrogens with zero attached hydrogens (tertiary/aromatic N) is 2. The summed E-state index contributed by atoms with van der Waals surface area (Å²) in [5, 5.41) is 0. The quantitative estimate of drug-likeness (QED) is 0.858. The van der Waals surface area contributed by atoms with Crippen molar-refractivity contribution in [2.45, 2.75) is 26.7 Å². The van der Waals surface area contributed by atoms with Crippen molar-refractivity contribution in [2.75, 3.05) is 26.8 Å². The zero-order valence-corrected chi connectivity index (χ0v) is 15.0. The van der Waals surface area contributed by atoms with Crippen LogP contribution in [0.15, 0.2) is 30.3 Å². The molecular weight excluding hydrogens is 316 g/mol. The van der Waals surface area contributed by atoms with Crippen LogP contribution in [-0.2, 0) is 12.8 Å². The van der Waals surface area contributed by atoms with E-state index in [1.165, 1.54) is 11.1 Å². The Hall–Kier alpha value is -2.56. The lowest BCUT2D eigenvalue weighted by Crippen LogP contribution is -2.33. The number of benzene rings is 1. The van der Waals surface area contributed by atoms with Gasteiger partial charge in [0.25, 0.3) is 5.91 Å². The standard InChI is InChI=1S/C20H24N2O3/c1-4-25-19-18(8-5-14(2)21-19)20(23)22-11-9-15-6-7-17(24-3)13-16(15)10-12-22/h5-8,13H,4,9-12H2,1-3H3. The largest absolute Gasteiger partial charge is 0.497 e. The number of aromatic nitrogens is 1. The molecule has 0 radical (unpaired) electrons. The minimum Gasteiger partial charge on any atom is -0.497 e. The first kappa shape index (κ1) is 17.3. The van der Waals surface area contributed by atoms with Gasteiger partial charge in [-0.1, -0.05) is 6.07 Å². The van der Waals surface area contributed by atoms with Gasteiger partial charge in [0.2, 0.25) is 5.88 Å². The van der Waals surface area contributed by atoms with Gasteiger partial charge in [-0.05, 0) is 62.1 Å². The molecular formula is C20H24N2O3. The smallest absolute Gasteiger partial charge is 0.259 e. The maximum Gasteiger partial charge on any atom is 0.259 e. The maximum absolute atomic E-state index is 13.0. The van der Waals surface area contributed by atoms with Gasteiger partial charge in [0, 0.05) is 18.8 Å². The number of carbonyl (C=O) groups is 1. The molecule has 0 atom stereocenters. The lowest BCUT2D eigenvalue weighted by atomic mass is 10.0. The van der Waals surface area contributed by atoms with Gasteiger partial charge in [0.1, 0.15) is 11.3 Å². The van der Waals surface area contributed by atoms with Gasteiger partial charge in [0.05, 0.1) is 13.7 Å². The fourth-order valence-electron chi connectivity index (χ4n) is 3.14. The molecule has 1 aromatic heterocycles. The lowest BCUT2D eigenvalue weighted by Gasteiger charge is -2.21. The van der Waals surface area contributed by atoms with E-state index in [2.05, 4.69) is 17.1 Å². The molecule has 1 aromatic carbocycles. The van der Waals surface area contributed by atoms with Gasteiger partial charge < -0.3 is 14.4 Å². The number of rotatable bonds is 4. The number of amides is 1. The van der Waals surface area contributed by atoms with E-state index >= 15 is 0 Å². The molecule has 0 unspecified atom stereocenters. The van der Waals surface area contributed by atoms with Crippen molar-refractivity contribution >= 4 is 5.91 Å². The van der Waals surface area contributed by atoms with Crippen LogP contribution in [0.1, 0.15) is 34.1 Å². The molecule has 1 aliphatic rings. The van der Waals surface area contributed by atoms with E-state index < -0.39 is 0 Å². The van der Waals surface area contributed by atoms with Crippen LogP contribution in [0.5, 0.6) is 11.6 Å². The third-order valence-electron chi connectivity index (χ3n) is 4.51. The third kappa shape index (κ3) is 3.76. The minimum absolute atomic E-state index is 0.0179. The Labute approximate surface area is 148 Å². The molecule has 2 aromatic rings. The number of methoxy groups -OCH3 is 1. The van der Waals surface area contributed by atoms with Crippen LogP contribution in [-0.4, -0.2) is 42.6 Å². The van der Waals surface area contributed by atoms with Crippen molar-refractivity contribution in [1.29, 1.82) is 0 Å². The average Bonchev–Trinajstić information content (AvgIpc) is 2.83. The van der Waals surface area contributed by atoms with Crippen LogP contribution in [0.2, 0.25) is 0 Å². The molecule has 0 fully saturated rings. The topological polar surface area (TPSA) is 51.7 Å². The van der Waals surface area contributed by atoms with Crippen LogP contribution in [0.4, 0.5) is 0 Å². The lowest BCUT2D eigenvalue weighted by molar-refractivity contribution is 0.0758. The normalized spacial score (nSPS) is 13.8. The maximum atomic E-state index is 13.0. The first-order chi connectivity index (χ1) is 12.1. The molecule has 2 heterocycles. The first-order valence-corrected chi connectivity index (χ1v) is 8.68. The molecule has 0 spiro atoms. The Morgan fingerprint density at radius 3 is 2.64 bits per heavy atom. The van der Waals surface area contributed by atoms with E-state index in [0.717, 1.165) is 24.3 Å². The summed E-state index contributed by atoms with van der Waals surface area (Å²) in [6, 6.07) is 9.82. The predicted molar refractivity (Wildman–Crippen MR) is 96.4 cm³/mol. The highest BCUT2D eigenvalue weighted by Crippen LogP contribution is 2.24. The van der Waals surface area contributed by atoms with Crippen molar-refractivity contribution < 1.29 is 14.3 Å². The van der Waals surface area contributed by atoms with Crippen molar-refractivity contribution in [3.05, 3.63) is 52.7 Å². The molecule has 0 saturated carbocycles. The Bertz CT molecular complexity index is 774.